The van der Waals surface area contributed by atoms with Crippen LogP contribution in [0.3, 0.4) is 0 Å². The van der Waals surface area contributed by atoms with Crippen molar-refractivity contribution >= 4 is 34.0 Å². The van der Waals surface area contributed by atoms with Gasteiger partial charge in [0, 0.05) is 26.2 Å². The Hall–Kier alpha value is -1.29. The lowest BCUT2D eigenvalue weighted by atomic mass is 10.1. The number of alkyl halides is 2. The Balaban J connectivity index is 0.00000288. The van der Waals surface area contributed by atoms with Crippen LogP contribution in [0.25, 0.3) is 0 Å². The van der Waals surface area contributed by atoms with Crippen LogP contribution in [-0.2, 0) is 14.8 Å². The van der Waals surface area contributed by atoms with Gasteiger partial charge in [0.15, 0.2) is 0 Å². The molecule has 1 aromatic carbocycles. The molecule has 6 nitrogen and oxygen atoms in total. The summed E-state index contributed by atoms with van der Waals surface area (Å²) in [5.41, 5.74) is 0.778. The third kappa shape index (κ3) is 4.41. The van der Waals surface area contributed by atoms with E-state index in [4.69, 9.17) is 0 Å². The molecule has 0 aromatic heterocycles. The van der Waals surface area contributed by atoms with Crippen molar-refractivity contribution in [3.63, 3.8) is 0 Å². The largest absolute Gasteiger partial charge is 0.325 e. The minimum absolute atomic E-state index is 0. The molecule has 1 unspecified atom stereocenters. The predicted molar refractivity (Wildman–Crippen MR) is 89.3 cm³/mol. The number of carbonyl (C=O) groups is 1. The maximum absolute atomic E-state index is 13.1. The van der Waals surface area contributed by atoms with Crippen LogP contribution in [0.15, 0.2) is 23.1 Å². The lowest BCUT2D eigenvalue weighted by molar-refractivity contribution is -0.118. The van der Waals surface area contributed by atoms with Gasteiger partial charge in [-0.15, -0.1) is 12.4 Å². The van der Waals surface area contributed by atoms with Gasteiger partial charge in [0.05, 0.1) is 17.5 Å². The maximum atomic E-state index is 13.1. The Bertz CT molecular complexity index is 726. The van der Waals surface area contributed by atoms with E-state index in [0.717, 1.165) is 4.31 Å². The molecule has 2 N–H and O–H groups in total. The second kappa shape index (κ2) is 7.30. The van der Waals surface area contributed by atoms with Crippen LogP contribution in [0, 0.1) is 6.92 Å². The van der Waals surface area contributed by atoms with Gasteiger partial charge >= 0.3 is 0 Å². The van der Waals surface area contributed by atoms with Crippen molar-refractivity contribution < 1.29 is 22.0 Å². The normalized spacial score (nSPS) is 19.8. The smallest absolute Gasteiger partial charge is 0.262 e. The van der Waals surface area contributed by atoms with E-state index in [1.165, 1.54) is 26.2 Å². The van der Waals surface area contributed by atoms with Crippen molar-refractivity contribution in [1.29, 1.82) is 0 Å². The van der Waals surface area contributed by atoms with Crippen molar-refractivity contribution in [1.82, 2.24) is 9.62 Å². The number of benzene rings is 1. The quantitative estimate of drug-likeness (QED) is 0.827. The number of nitrogens with one attached hydrogen (secondary N) is 2. The molecule has 0 radical (unpaired) electrons. The van der Waals surface area contributed by atoms with Gasteiger partial charge in [-0.3, -0.25) is 10.1 Å². The van der Waals surface area contributed by atoms with Gasteiger partial charge < -0.3 is 5.32 Å². The molecule has 1 heterocycles. The summed E-state index contributed by atoms with van der Waals surface area (Å²) < 4.78 is 51.8. The highest BCUT2D eigenvalue weighted by Gasteiger charge is 2.42. The number of halogens is 3. The first kappa shape index (κ1) is 20.8. The Morgan fingerprint density at radius 2 is 2.00 bits per heavy atom. The number of nitrogens with zero attached hydrogens (tertiary/aromatic N) is 1. The highest BCUT2D eigenvalue weighted by atomic mass is 35.5. The van der Waals surface area contributed by atoms with Crippen LogP contribution < -0.4 is 10.6 Å². The van der Waals surface area contributed by atoms with E-state index >= 15 is 0 Å². The molecule has 1 fully saturated rings. The van der Waals surface area contributed by atoms with Crippen LogP contribution in [-0.4, -0.2) is 51.2 Å². The van der Waals surface area contributed by atoms with Gasteiger partial charge in [-0.2, -0.15) is 0 Å². The van der Waals surface area contributed by atoms with Crippen molar-refractivity contribution in [3.8, 4) is 0 Å². The highest BCUT2D eigenvalue weighted by Crippen LogP contribution is 2.27. The van der Waals surface area contributed by atoms with E-state index in [0.29, 0.717) is 5.56 Å². The number of anilines is 1. The molecule has 1 aliphatic heterocycles. The van der Waals surface area contributed by atoms with E-state index in [-0.39, 0.29) is 23.0 Å². The first-order chi connectivity index (χ1) is 10.5. The Morgan fingerprint density at radius 1 is 1.38 bits per heavy atom. The molecular formula is C14H20ClF2N3O3S. The number of sulfonamides is 1. The number of rotatable bonds is 4. The maximum Gasteiger partial charge on any atom is 0.262 e. The molecule has 24 heavy (non-hydrogen) atoms. The van der Waals surface area contributed by atoms with Gasteiger partial charge in [0.25, 0.3) is 5.92 Å². The van der Waals surface area contributed by atoms with Crippen molar-refractivity contribution in [2.24, 2.45) is 0 Å². The summed E-state index contributed by atoms with van der Waals surface area (Å²) in [7, 11) is -0.842. The molecule has 1 aromatic rings. The van der Waals surface area contributed by atoms with Gasteiger partial charge in [0.1, 0.15) is 0 Å². The third-order valence-electron chi connectivity index (χ3n) is 3.64. The molecule has 136 valence electrons. The molecule has 0 aliphatic carbocycles. The molecule has 1 saturated heterocycles. The number of hydrogen-bond donors (Lipinski definition) is 2. The zero-order valence-corrected chi connectivity index (χ0v) is 15.1. The minimum atomic E-state index is -3.66. The Morgan fingerprint density at radius 3 is 2.50 bits per heavy atom. The zero-order chi connectivity index (χ0) is 17.4. The summed E-state index contributed by atoms with van der Waals surface area (Å²) >= 11 is 0. The fourth-order valence-electron chi connectivity index (χ4n) is 2.28. The molecule has 0 spiro atoms. The Labute approximate surface area is 146 Å². The number of aryl methyl sites for hydroxylation is 1. The van der Waals surface area contributed by atoms with Crippen LogP contribution in [0.2, 0.25) is 0 Å². The van der Waals surface area contributed by atoms with E-state index in [2.05, 4.69) is 10.6 Å². The lowest BCUT2D eigenvalue weighted by Gasteiger charge is -2.16. The lowest BCUT2D eigenvalue weighted by Crippen LogP contribution is -2.35. The monoisotopic (exact) mass is 383 g/mol. The molecule has 2 rings (SSSR count). The van der Waals surface area contributed by atoms with Crippen LogP contribution in [0.4, 0.5) is 14.5 Å². The second-order valence-corrected chi connectivity index (χ2v) is 7.87. The number of carbonyl (C=O) groups excluding carboxylic acids is 1. The molecule has 1 atom stereocenters. The standard InChI is InChI=1S/C14H19F2N3O3S.ClH/c1-9-4-5-10(6-12(9)23(21,22)19(2)3)18-13(20)11-7-14(15,16)8-17-11;/h4-6,11,17H,7-8H2,1-3H3,(H,18,20);1H. The summed E-state index contributed by atoms with van der Waals surface area (Å²) in [6.45, 7) is 1.10. The number of hydrogen-bond acceptors (Lipinski definition) is 4. The average molecular weight is 384 g/mol. The van der Waals surface area contributed by atoms with Crippen LogP contribution in [0.5, 0.6) is 0 Å². The van der Waals surface area contributed by atoms with Crippen LogP contribution >= 0.6 is 12.4 Å². The third-order valence-corrected chi connectivity index (χ3v) is 5.60. The van der Waals surface area contributed by atoms with Gasteiger partial charge in [-0.05, 0) is 24.6 Å². The van der Waals surface area contributed by atoms with E-state index < -0.39 is 40.9 Å². The molecule has 10 heteroatoms. The van der Waals surface area contributed by atoms with Gasteiger partial charge in [-0.25, -0.2) is 21.5 Å². The van der Waals surface area contributed by atoms with Crippen molar-refractivity contribution in [2.45, 2.75) is 30.2 Å². The zero-order valence-electron chi connectivity index (χ0n) is 13.5. The topological polar surface area (TPSA) is 78.5 Å². The van der Waals surface area contributed by atoms with Gasteiger partial charge in [-0.1, -0.05) is 6.07 Å². The second-order valence-electron chi connectivity index (χ2n) is 5.75. The van der Waals surface area contributed by atoms with E-state index in [1.807, 2.05) is 0 Å². The SMILES string of the molecule is Cc1ccc(NC(=O)C2CC(F)(F)CN2)cc1S(=O)(=O)N(C)C.Cl. The average Bonchev–Trinajstić information content (AvgIpc) is 2.81. The molecular weight excluding hydrogens is 364 g/mol. The Kier molecular flexibility index (Phi) is 6.31. The van der Waals surface area contributed by atoms with Crippen LogP contribution in [0.1, 0.15) is 12.0 Å². The number of amides is 1. The first-order valence-electron chi connectivity index (χ1n) is 6.98. The van der Waals surface area contributed by atoms with Crippen molar-refractivity contribution in [3.05, 3.63) is 23.8 Å². The summed E-state index contributed by atoms with van der Waals surface area (Å²) in [4.78, 5) is 12.1. The summed E-state index contributed by atoms with van der Waals surface area (Å²) in [5, 5.41) is 4.94. The van der Waals surface area contributed by atoms with Gasteiger partial charge in [0.2, 0.25) is 15.9 Å². The fourth-order valence-corrected chi connectivity index (χ4v) is 3.43. The van der Waals surface area contributed by atoms with E-state index in [9.17, 15) is 22.0 Å². The highest BCUT2D eigenvalue weighted by molar-refractivity contribution is 7.89. The minimum Gasteiger partial charge on any atom is -0.325 e. The molecule has 0 bridgehead atoms. The first-order valence-corrected chi connectivity index (χ1v) is 8.42. The summed E-state index contributed by atoms with van der Waals surface area (Å²) in [6, 6.07) is 3.42. The summed E-state index contributed by atoms with van der Waals surface area (Å²) in [5.74, 6) is -3.52. The molecule has 1 aliphatic rings. The van der Waals surface area contributed by atoms with E-state index in [1.54, 1.807) is 13.0 Å². The fraction of sp³-hybridized carbons (Fsp3) is 0.500. The molecule has 0 saturated carbocycles. The summed E-state index contributed by atoms with van der Waals surface area (Å²) in [6.07, 6.45) is -0.576. The predicted octanol–water partition coefficient (Wildman–Crippen LogP) is 1.60. The van der Waals surface area contributed by atoms with Crippen molar-refractivity contribution in [2.75, 3.05) is 26.0 Å². The molecule has 1 amide bonds.